The van der Waals surface area contributed by atoms with E-state index in [2.05, 4.69) is 17.7 Å². The van der Waals surface area contributed by atoms with Crippen LogP contribution in [-0.2, 0) is 22.6 Å². The Hall–Kier alpha value is -2.45. The van der Waals surface area contributed by atoms with Crippen molar-refractivity contribution in [2.75, 3.05) is 26.3 Å². The molecule has 4 heterocycles. The molecule has 1 saturated heterocycles. The molecule has 0 N–H and O–H groups in total. The molecule has 1 aliphatic heterocycles. The van der Waals surface area contributed by atoms with Crippen LogP contribution in [-0.4, -0.2) is 51.5 Å². The second-order valence-electron chi connectivity index (χ2n) is 6.33. The maximum atomic E-state index is 13.0. The average molecular weight is 372 g/mol. The number of aromatic nitrogens is 3. The number of allylic oxidation sites excluding steroid dienone is 1. The van der Waals surface area contributed by atoms with E-state index in [1.807, 2.05) is 11.5 Å². The molecule has 3 aromatic rings. The molecule has 4 rings (SSSR count). The van der Waals surface area contributed by atoms with Crippen molar-refractivity contribution in [3.8, 4) is 0 Å². The molecule has 3 aromatic heterocycles. The van der Waals surface area contributed by atoms with Crippen molar-refractivity contribution in [2.24, 2.45) is 0 Å². The van der Waals surface area contributed by atoms with Crippen LogP contribution in [0.3, 0.4) is 0 Å². The Kier molecular flexibility index (Phi) is 4.37. The molecule has 26 heavy (non-hydrogen) atoms. The van der Waals surface area contributed by atoms with Gasteiger partial charge in [0.1, 0.15) is 12.1 Å². The first-order valence-electron chi connectivity index (χ1n) is 8.55. The lowest BCUT2D eigenvalue weighted by atomic mass is 10.3. The number of ether oxygens (including phenoxy) is 1. The summed E-state index contributed by atoms with van der Waals surface area (Å²) < 4.78 is 9.54. The van der Waals surface area contributed by atoms with Gasteiger partial charge in [-0.2, -0.15) is 5.10 Å². The zero-order chi connectivity index (χ0) is 18.3. The average Bonchev–Trinajstić information content (AvgIpc) is 3.15. The van der Waals surface area contributed by atoms with Crippen LogP contribution in [0.4, 0.5) is 0 Å². The van der Waals surface area contributed by atoms with E-state index >= 15 is 0 Å². The fourth-order valence-corrected chi connectivity index (χ4v) is 4.42. The highest BCUT2D eigenvalue weighted by Gasteiger charge is 2.21. The van der Waals surface area contributed by atoms with Gasteiger partial charge >= 0.3 is 0 Å². The summed E-state index contributed by atoms with van der Waals surface area (Å²) in [6.45, 7) is 8.50. The molecule has 1 aliphatic rings. The van der Waals surface area contributed by atoms with Crippen molar-refractivity contribution in [1.29, 1.82) is 0 Å². The monoisotopic (exact) mass is 372 g/mol. The quantitative estimate of drug-likeness (QED) is 0.655. The molecule has 0 aliphatic carbocycles. The fourth-order valence-electron chi connectivity index (χ4n) is 3.39. The number of aryl methyl sites for hydroxylation is 1. The third kappa shape index (κ3) is 2.75. The van der Waals surface area contributed by atoms with Crippen molar-refractivity contribution >= 4 is 38.4 Å². The number of amides is 1. The summed E-state index contributed by atoms with van der Waals surface area (Å²) in [6, 6.07) is 2.08. The SMILES string of the molecule is C=CCn1c2cc(C)sc2c2cnn(CC(=O)N3CCOCC3)c(=O)c21. The Labute approximate surface area is 154 Å². The van der Waals surface area contributed by atoms with Crippen LogP contribution in [0.2, 0.25) is 0 Å². The fraction of sp³-hybridized carbons (Fsp3) is 0.389. The highest BCUT2D eigenvalue weighted by molar-refractivity contribution is 7.20. The summed E-state index contributed by atoms with van der Waals surface area (Å²) >= 11 is 1.65. The van der Waals surface area contributed by atoms with Crippen LogP contribution in [0.15, 0.2) is 29.7 Å². The van der Waals surface area contributed by atoms with Crippen molar-refractivity contribution in [3.63, 3.8) is 0 Å². The molecule has 1 amide bonds. The predicted molar refractivity (Wildman–Crippen MR) is 102 cm³/mol. The minimum Gasteiger partial charge on any atom is -0.378 e. The van der Waals surface area contributed by atoms with Gasteiger partial charge in [-0.25, -0.2) is 4.68 Å². The van der Waals surface area contributed by atoms with Gasteiger partial charge in [0.2, 0.25) is 5.91 Å². The molecule has 0 spiro atoms. The molecule has 0 radical (unpaired) electrons. The van der Waals surface area contributed by atoms with E-state index in [1.54, 1.807) is 28.5 Å². The molecule has 0 atom stereocenters. The largest absolute Gasteiger partial charge is 0.378 e. The van der Waals surface area contributed by atoms with Gasteiger partial charge in [-0.3, -0.25) is 9.59 Å². The Balaban J connectivity index is 1.78. The van der Waals surface area contributed by atoms with Gasteiger partial charge in [0.25, 0.3) is 5.56 Å². The first kappa shape index (κ1) is 17.0. The van der Waals surface area contributed by atoms with Crippen molar-refractivity contribution in [3.05, 3.63) is 40.1 Å². The van der Waals surface area contributed by atoms with Crippen LogP contribution in [0.25, 0.3) is 21.1 Å². The van der Waals surface area contributed by atoms with Crippen LogP contribution in [0.1, 0.15) is 4.88 Å². The van der Waals surface area contributed by atoms with Gasteiger partial charge in [0.15, 0.2) is 0 Å². The number of fused-ring (bicyclic) bond motifs is 3. The van der Waals surface area contributed by atoms with Crippen LogP contribution >= 0.6 is 11.3 Å². The lowest BCUT2D eigenvalue weighted by Gasteiger charge is -2.26. The minimum atomic E-state index is -0.244. The summed E-state index contributed by atoms with van der Waals surface area (Å²) in [6.07, 6.45) is 3.47. The molecule has 0 aromatic carbocycles. The van der Waals surface area contributed by atoms with E-state index in [0.717, 1.165) is 15.6 Å². The molecule has 0 bridgehead atoms. The highest BCUT2D eigenvalue weighted by Crippen LogP contribution is 2.33. The maximum Gasteiger partial charge on any atom is 0.291 e. The van der Waals surface area contributed by atoms with Gasteiger partial charge in [-0.15, -0.1) is 17.9 Å². The van der Waals surface area contributed by atoms with Crippen molar-refractivity contribution in [1.82, 2.24) is 19.2 Å². The standard InChI is InChI=1S/C18H20N4O3S/c1-3-4-21-14-9-12(2)26-17(14)13-10-19-22(18(24)16(13)21)11-15(23)20-5-7-25-8-6-20/h3,9-10H,1,4-8,11H2,2H3. The number of hydrogen-bond acceptors (Lipinski definition) is 5. The first-order valence-corrected chi connectivity index (χ1v) is 9.36. The van der Waals surface area contributed by atoms with E-state index < -0.39 is 0 Å². The van der Waals surface area contributed by atoms with Gasteiger partial charge in [-0.05, 0) is 13.0 Å². The Morgan fingerprint density at radius 3 is 2.92 bits per heavy atom. The molecule has 136 valence electrons. The number of morpholine rings is 1. The van der Waals surface area contributed by atoms with Crippen LogP contribution in [0, 0.1) is 6.92 Å². The normalized spacial score (nSPS) is 15.0. The first-order chi connectivity index (χ1) is 12.6. The van der Waals surface area contributed by atoms with E-state index in [9.17, 15) is 9.59 Å². The van der Waals surface area contributed by atoms with E-state index in [4.69, 9.17) is 4.74 Å². The second-order valence-corrected chi connectivity index (χ2v) is 7.59. The maximum absolute atomic E-state index is 13.0. The molecular formula is C18H20N4O3S. The zero-order valence-electron chi connectivity index (χ0n) is 14.6. The topological polar surface area (TPSA) is 69.4 Å². The number of carbonyl (C=O) groups excluding carboxylic acids is 1. The molecule has 7 nitrogen and oxygen atoms in total. The minimum absolute atomic E-state index is 0.0548. The second kappa shape index (κ2) is 6.69. The number of hydrogen-bond donors (Lipinski definition) is 0. The number of carbonyl (C=O) groups is 1. The summed E-state index contributed by atoms with van der Waals surface area (Å²) in [7, 11) is 0. The van der Waals surface area contributed by atoms with Crippen molar-refractivity contribution in [2.45, 2.75) is 20.0 Å². The summed E-state index contributed by atoms with van der Waals surface area (Å²) in [4.78, 5) is 28.4. The lowest BCUT2D eigenvalue weighted by molar-refractivity contribution is -0.136. The smallest absolute Gasteiger partial charge is 0.291 e. The van der Waals surface area contributed by atoms with E-state index in [1.165, 1.54) is 9.56 Å². The van der Waals surface area contributed by atoms with Gasteiger partial charge in [0.05, 0.1) is 29.6 Å². The third-order valence-electron chi connectivity index (χ3n) is 4.62. The van der Waals surface area contributed by atoms with Crippen molar-refractivity contribution < 1.29 is 9.53 Å². The van der Waals surface area contributed by atoms with Crippen LogP contribution in [0.5, 0.6) is 0 Å². The zero-order valence-corrected chi connectivity index (χ0v) is 15.4. The molecule has 0 saturated carbocycles. The van der Waals surface area contributed by atoms with E-state index in [0.29, 0.717) is 38.4 Å². The number of nitrogens with zero attached hydrogens (tertiary/aromatic N) is 4. The number of rotatable bonds is 4. The predicted octanol–water partition coefficient (Wildman–Crippen LogP) is 1.77. The number of thiophene rings is 1. The van der Waals surface area contributed by atoms with Crippen LogP contribution < -0.4 is 5.56 Å². The summed E-state index contributed by atoms with van der Waals surface area (Å²) in [5.74, 6) is -0.110. The van der Waals surface area contributed by atoms with Gasteiger partial charge in [0, 0.05) is 29.9 Å². The molecule has 0 unspecified atom stereocenters. The summed E-state index contributed by atoms with van der Waals surface area (Å²) in [5, 5.41) is 5.10. The highest BCUT2D eigenvalue weighted by atomic mass is 32.1. The lowest BCUT2D eigenvalue weighted by Crippen LogP contribution is -2.43. The Bertz CT molecular complexity index is 1060. The third-order valence-corrected chi connectivity index (χ3v) is 5.69. The van der Waals surface area contributed by atoms with Gasteiger partial charge in [-0.1, -0.05) is 6.08 Å². The van der Waals surface area contributed by atoms with Gasteiger partial charge < -0.3 is 14.2 Å². The van der Waals surface area contributed by atoms with E-state index in [-0.39, 0.29) is 18.0 Å². The summed E-state index contributed by atoms with van der Waals surface area (Å²) in [5.41, 5.74) is 1.35. The Morgan fingerprint density at radius 2 is 2.19 bits per heavy atom. The molecule has 8 heteroatoms. The Morgan fingerprint density at radius 1 is 1.42 bits per heavy atom. The molecular weight excluding hydrogens is 352 g/mol. The molecule has 1 fully saturated rings.